The van der Waals surface area contributed by atoms with Gasteiger partial charge in [0.15, 0.2) is 0 Å². The lowest BCUT2D eigenvalue weighted by molar-refractivity contribution is -0.104. The van der Waals surface area contributed by atoms with Gasteiger partial charge in [-0.05, 0) is 49.9 Å². The molecule has 0 amide bonds. The first-order valence-electron chi connectivity index (χ1n) is 14.5. The number of phenols is 1. The molecule has 1 N–H and O–H groups in total. The van der Waals surface area contributed by atoms with Gasteiger partial charge in [0.25, 0.3) is 0 Å². The number of benzene rings is 2. The van der Waals surface area contributed by atoms with E-state index in [2.05, 4.69) is 32.6 Å². The van der Waals surface area contributed by atoms with Crippen LogP contribution in [-0.2, 0) is 17.8 Å². The maximum absolute atomic E-state index is 10.8. The fourth-order valence-corrected chi connectivity index (χ4v) is 6.37. The van der Waals surface area contributed by atoms with Crippen LogP contribution in [0.2, 0.25) is 0 Å². The van der Waals surface area contributed by atoms with Crippen molar-refractivity contribution in [2.75, 3.05) is 62.2 Å². The smallest absolute Gasteiger partial charge is 0.318 e. The number of aromatic nitrogens is 2. The van der Waals surface area contributed by atoms with Crippen LogP contribution in [0.25, 0.3) is 10.8 Å². The molecule has 2 saturated heterocycles. The Balaban J connectivity index is 1.30. The summed E-state index contributed by atoms with van der Waals surface area (Å²) in [6.45, 7) is 9.68. The minimum atomic E-state index is 0.269. The molecule has 4 heterocycles. The maximum atomic E-state index is 10.8. The Morgan fingerprint density at radius 1 is 1.05 bits per heavy atom. The number of hydrogen-bond donors (Lipinski definition) is 1. The molecule has 40 heavy (non-hydrogen) atoms. The van der Waals surface area contributed by atoms with Crippen LogP contribution in [0, 0.1) is 0 Å². The molecule has 2 aromatic carbocycles. The van der Waals surface area contributed by atoms with Crippen LogP contribution in [0.3, 0.4) is 0 Å². The first-order chi connectivity index (χ1) is 19.6. The Bertz CT molecular complexity index is 1390. The molecule has 3 aliphatic rings. The third kappa shape index (κ3) is 5.43. The maximum Gasteiger partial charge on any atom is 0.318 e. The van der Waals surface area contributed by atoms with E-state index in [4.69, 9.17) is 14.7 Å². The molecule has 1 aromatic heterocycles. The van der Waals surface area contributed by atoms with Crippen molar-refractivity contribution >= 4 is 28.6 Å². The summed E-state index contributed by atoms with van der Waals surface area (Å²) in [6.07, 6.45) is 7.39. The van der Waals surface area contributed by atoms with E-state index in [9.17, 15) is 9.90 Å². The van der Waals surface area contributed by atoms with E-state index < -0.39 is 0 Å². The number of carbonyl (C=O) groups is 1. The molecule has 0 bridgehead atoms. The Hall–Kier alpha value is -3.85. The van der Waals surface area contributed by atoms with Gasteiger partial charge in [0, 0.05) is 67.7 Å². The number of phenolic OH excluding ortho intramolecular Hbond substituents is 1. The molecular formula is C31H38N6O3. The van der Waals surface area contributed by atoms with E-state index in [1.165, 1.54) is 12.0 Å². The van der Waals surface area contributed by atoms with Gasteiger partial charge in [-0.25, -0.2) is 0 Å². The standard InChI is InChI=1S/C31H38N6O3/c1-2-35-12-5-8-24(35)22-40-31-32-28-21-37(29-20-25(39)19-23-7-3-4-9-26(23)29)13-10-27(28)30(33-31)36-16-14-34(15-17-36)11-6-18-38/h3-4,6-7,9,11,18-20,24,39H,2,5,8,10,12-17,21-22H2,1H3/t24-/m1/s1. The number of likely N-dealkylation sites (tertiary alicyclic amines) is 1. The van der Waals surface area contributed by atoms with Crippen LogP contribution >= 0.6 is 0 Å². The number of hydrogen-bond acceptors (Lipinski definition) is 9. The van der Waals surface area contributed by atoms with Crippen molar-refractivity contribution in [2.45, 2.75) is 38.8 Å². The van der Waals surface area contributed by atoms with E-state index in [0.29, 0.717) is 25.2 Å². The number of likely N-dealkylation sites (N-methyl/N-ethyl adjacent to an activating group) is 1. The largest absolute Gasteiger partial charge is 0.508 e. The van der Waals surface area contributed by atoms with Crippen LogP contribution in [-0.4, -0.2) is 89.6 Å². The van der Waals surface area contributed by atoms with Gasteiger partial charge >= 0.3 is 6.01 Å². The molecule has 9 heteroatoms. The van der Waals surface area contributed by atoms with Crippen molar-refractivity contribution in [3.8, 4) is 11.8 Å². The topological polar surface area (TPSA) is 85.3 Å². The van der Waals surface area contributed by atoms with Crippen LogP contribution < -0.4 is 14.5 Å². The first-order valence-corrected chi connectivity index (χ1v) is 14.5. The van der Waals surface area contributed by atoms with Gasteiger partial charge in [-0.2, -0.15) is 9.97 Å². The van der Waals surface area contributed by atoms with Gasteiger partial charge < -0.3 is 24.5 Å². The molecule has 0 saturated carbocycles. The molecule has 3 aromatic rings. The normalized spacial score (nSPS) is 19.9. The molecule has 0 unspecified atom stereocenters. The highest BCUT2D eigenvalue weighted by Gasteiger charge is 2.29. The van der Waals surface area contributed by atoms with Crippen LogP contribution in [0.1, 0.15) is 31.0 Å². The second kappa shape index (κ2) is 11.7. The predicted octanol–water partition coefficient (Wildman–Crippen LogP) is 3.60. The minimum Gasteiger partial charge on any atom is -0.508 e. The fourth-order valence-electron chi connectivity index (χ4n) is 6.37. The Labute approximate surface area is 235 Å². The lowest BCUT2D eigenvalue weighted by Gasteiger charge is -2.38. The summed E-state index contributed by atoms with van der Waals surface area (Å²) in [5.41, 5.74) is 3.19. The van der Waals surface area contributed by atoms with Crippen molar-refractivity contribution in [3.05, 3.63) is 59.9 Å². The van der Waals surface area contributed by atoms with Crippen molar-refractivity contribution in [1.82, 2.24) is 19.8 Å². The zero-order valence-electron chi connectivity index (χ0n) is 23.2. The monoisotopic (exact) mass is 542 g/mol. The molecule has 0 aliphatic carbocycles. The number of rotatable bonds is 8. The molecule has 1 atom stereocenters. The zero-order chi connectivity index (χ0) is 27.5. The molecular weight excluding hydrogens is 504 g/mol. The quantitative estimate of drug-likeness (QED) is 0.339. The van der Waals surface area contributed by atoms with Gasteiger partial charge in [0.05, 0.1) is 12.2 Å². The highest BCUT2D eigenvalue weighted by molar-refractivity contribution is 5.95. The molecule has 0 spiro atoms. The van der Waals surface area contributed by atoms with E-state index in [0.717, 1.165) is 92.9 Å². The number of aldehydes is 1. The summed E-state index contributed by atoms with van der Waals surface area (Å²) < 4.78 is 6.31. The van der Waals surface area contributed by atoms with Crippen molar-refractivity contribution in [3.63, 3.8) is 0 Å². The molecule has 6 rings (SSSR count). The Morgan fingerprint density at radius 3 is 2.73 bits per heavy atom. The highest BCUT2D eigenvalue weighted by Crippen LogP contribution is 2.36. The number of aromatic hydroxyl groups is 1. The summed E-state index contributed by atoms with van der Waals surface area (Å²) in [5.74, 6) is 1.24. The number of piperazine rings is 1. The number of ether oxygens (including phenoxy) is 1. The van der Waals surface area contributed by atoms with E-state index in [-0.39, 0.29) is 5.75 Å². The van der Waals surface area contributed by atoms with Gasteiger partial charge in [-0.1, -0.05) is 31.2 Å². The molecule has 210 valence electrons. The zero-order valence-corrected chi connectivity index (χ0v) is 23.2. The molecule has 0 radical (unpaired) electrons. The summed E-state index contributed by atoms with van der Waals surface area (Å²) in [5, 5.41) is 12.6. The van der Waals surface area contributed by atoms with Gasteiger partial charge in [0.2, 0.25) is 0 Å². The Morgan fingerprint density at radius 2 is 1.90 bits per heavy atom. The van der Waals surface area contributed by atoms with Gasteiger partial charge in [0.1, 0.15) is 24.5 Å². The van der Waals surface area contributed by atoms with Crippen LogP contribution in [0.5, 0.6) is 11.8 Å². The number of allylic oxidation sites excluding steroid dienone is 1. The van der Waals surface area contributed by atoms with Gasteiger partial charge in [-0.15, -0.1) is 0 Å². The van der Waals surface area contributed by atoms with E-state index in [1.807, 2.05) is 36.5 Å². The summed E-state index contributed by atoms with van der Waals surface area (Å²) in [6, 6.07) is 12.7. The van der Waals surface area contributed by atoms with Crippen molar-refractivity contribution < 1.29 is 14.6 Å². The Kier molecular flexibility index (Phi) is 7.73. The van der Waals surface area contributed by atoms with E-state index >= 15 is 0 Å². The van der Waals surface area contributed by atoms with Crippen molar-refractivity contribution in [2.24, 2.45) is 0 Å². The number of anilines is 2. The molecule has 9 nitrogen and oxygen atoms in total. The lowest BCUT2D eigenvalue weighted by atomic mass is 10.0. The minimum absolute atomic E-state index is 0.269. The SMILES string of the molecule is CCN1CCC[C@@H]1COc1nc2c(c(N3CCN(C=CC=O)CC3)n1)CCN(c1cc(O)cc3ccccc13)C2. The highest BCUT2D eigenvalue weighted by atomic mass is 16.5. The third-order valence-electron chi connectivity index (χ3n) is 8.49. The third-order valence-corrected chi connectivity index (χ3v) is 8.49. The summed E-state index contributed by atoms with van der Waals surface area (Å²) in [4.78, 5) is 30.0. The lowest BCUT2D eigenvalue weighted by Crippen LogP contribution is -2.45. The molecule has 2 fully saturated rings. The summed E-state index contributed by atoms with van der Waals surface area (Å²) >= 11 is 0. The average molecular weight is 543 g/mol. The second-order valence-electron chi connectivity index (χ2n) is 10.8. The van der Waals surface area contributed by atoms with Gasteiger partial charge in [-0.3, -0.25) is 9.69 Å². The summed E-state index contributed by atoms with van der Waals surface area (Å²) in [7, 11) is 0. The average Bonchev–Trinajstić information content (AvgIpc) is 3.46. The number of carbonyl (C=O) groups excluding carboxylic acids is 1. The van der Waals surface area contributed by atoms with Crippen LogP contribution in [0.4, 0.5) is 11.5 Å². The second-order valence-corrected chi connectivity index (χ2v) is 10.8. The van der Waals surface area contributed by atoms with E-state index in [1.54, 1.807) is 6.08 Å². The number of fused-ring (bicyclic) bond motifs is 2. The first kappa shape index (κ1) is 26.4. The van der Waals surface area contributed by atoms with Crippen LogP contribution in [0.15, 0.2) is 48.7 Å². The fraction of sp³-hybridized carbons (Fsp3) is 0.452. The molecule has 3 aliphatic heterocycles. The number of nitrogens with zero attached hydrogens (tertiary/aromatic N) is 6. The predicted molar refractivity (Wildman–Crippen MR) is 157 cm³/mol. The van der Waals surface area contributed by atoms with Crippen molar-refractivity contribution in [1.29, 1.82) is 0 Å².